The Balaban J connectivity index is 1.34. The second kappa shape index (κ2) is 18.7. The molecule has 0 spiro atoms. The van der Waals surface area contributed by atoms with E-state index >= 15 is 0 Å². The minimum absolute atomic E-state index is 0.744. The molecule has 0 atom stereocenters. The van der Waals surface area contributed by atoms with E-state index < -0.39 is 0 Å². The lowest BCUT2D eigenvalue weighted by molar-refractivity contribution is 1.10. The van der Waals surface area contributed by atoms with Gasteiger partial charge in [0.25, 0.3) is 0 Å². The average Bonchev–Trinajstić information content (AvgIpc) is 3.17. The fourth-order valence-electron chi connectivity index (χ4n) is 6.11. The molecule has 51 heavy (non-hydrogen) atoms. The first kappa shape index (κ1) is 36.4. The molecule has 1 nitrogen and oxygen atoms in total. The zero-order chi connectivity index (χ0) is 35.8. The zero-order valence-electron chi connectivity index (χ0n) is 30.5. The first-order valence-electron chi connectivity index (χ1n) is 17.9. The smallest absolute Gasteiger partial charge is 0.0415 e. The van der Waals surface area contributed by atoms with Gasteiger partial charge < -0.3 is 4.90 Å². The molecule has 0 aromatic heterocycles. The largest absolute Gasteiger partial charge is 0.338 e. The number of benzene rings is 5. The van der Waals surface area contributed by atoms with Gasteiger partial charge in [-0.2, -0.15) is 0 Å². The normalized spacial score (nSPS) is 12.5. The molecular formula is C50H49N. The highest BCUT2D eigenvalue weighted by atomic mass is 15.1. The van der Waals surface area contributed by atoms with Gasteiger partial charge in [-0.15, -0.1) is 0 Å². The maximum Gasteiger partial charge on any atom is 0.0415 e. The Bertz CT molecular complexity index is 2060. The molecule has 5 aromatic rings. The SMILES string of the molecule is C=C/C=C\CN(c1ccc(C(/C=C\CC)=C/C)cc1)c1ccc(-c2ccccc2/C(C)=C/C=C\C=C\c2ccccc2-c2ccc(C)cc2)cc1. The van der Waals surface area contributed by atoms with Crippen LogP contribution in [0.4, 0.5) is 11.4 Å². The average molecular weight is 664 g/mol. The molecule has 0 saturated heterocycles. The van der Waals surface area contributed by atoms with Crippen molar-refractivity contribution in [3.05, 3.63) is 211 Å². The van der Waals surface area contributed by atoms with Crippen molar-refractivity contribution < 1.29 is 0 Å². The van der Waals surface area contributed by atoms with Crippen LogP contribution in [0.25, 0.3) is 39.5 Å². The predicted octanol–water partition coefficient (Wildman–Crippen LogP) is 14.3. The van der Waals surface area contributed by atoms with Gasteiger partial charge >= 0.3 is 0 Å². The molecule has 0 unspecified atom stereocenters. The van der Waals surface area contributed by atoms with Crippen LogP contribution in [0.15, 0.2) is 189 Å². The summed E-state index contributed by atoms with van der Waals surface area (Å²) < 4.78 is 0. The van der Waals surface area contributed by atoms with Crippen molar-refractivity contribution in [1.29, 1.82) is 0 Å². The first-order chi connectivity index (χ1) is 25.0. The molecule has 0 heterocycles. The van der Waals surface area contributed by atoms with Gasteiger partial charge in [0.05, 0.1) is 0 Å². The van der Waals surface area contributed by atoms with Gasteiger partial charge in [-0.05, 0) is 102 Å². The topological polar surface area (TPSA) is 3.24 Å². The second-order valence-electron chi connectivity index (χ2n) is 12.5. The molecule has 0 N–H and O–H groups in total. The van der Waals surface area contributed by atoms with Crippen LogP contribution >= 0.6 is 0 Å². The van der Waals surface area contributed by atoms with Crippen LogP contribution in [0.5, 0.6) is 0 Å². The lowest BCUT2D eigenvalue weighted by atomic mass is 9.94. The monoisotopic (exact) mass is 663 g/mol. The molecule has 0 aliphatic rings. The molecule has 5 aromatic carbocycles. The Kier molecular flexibility index (Phi) is 13.4. The first-order valence-corrected chi connectivity index (χ1v) is 17.9. The maximum atomic E-state index is 3.86. The van der Waals surface area contributed by atoms with Crippen molar-refractivity contribution in [2.24, 2.45) is 0 Å². The number of rotatable bonds is 14. The van der Waals surface area contributed by atoms with Crippen LogP contribution in [0.2, 0.25) is 0 Å². The predicted molar refractivity (Wildman–Crippen MR) is 226 cm³/mol. The lowest BCUT2D eigenvalue weighted by Crippen LogP contribution is -2.16. The van der Waals surface area contributed by atoms with E-state index in [-0.39, 0.29) is 0 Å². The number of hydrogen-bond acceptors (Lipinski definition) is 1. The zero-order valence-corrected chi connectivity index (χ0v) is 30.5. The van der Waals surface area contributed by atoms with Crippen LogP contribution in [-0.4, -0.2) is 6.54 Å². The number of hydrogen-bond donors (Lipinski definition) is 0. The maximum absolute atomic E-state index is 3.86. The van der Waals surface area contributed by atoms with E-state index in [2.05, 4.69) is 215 Å². The molecule has 0 amide bonds. The summed E-state index contributed by atoms with van der Waals surface area (Å²) in [5.74, 6) is 0. The number of aryl methyl sites for hydroxylation is 1. The van der Waals surface area contributed by atoms with Gasteiger partial charge in [0, 0.05) is 17.9 Å². The lowest BCUT2D eigenvalue weighted by Gasteiger charge is -2.24. The van der Waals surface area contributed by atoms with Crippen molar-refractivity contribution >= 4 is 28.6 Å². The minimum atomic E-state index is 0.744. The van der Waals surface area contributed by atoms with Crippen molar-refractivity contribution in [2.45, 2.75) is 34.1 Å². The molecule has 0 bridgehead atoms. The van der Waals surface area contributed by atoms with Gasteiger partial charge in [0.1, 0.15) is 0 Å². The Labute approximate surface area is 306 Å². The summed E-state index contributed by atoms with van der Waals surface area (Å²) in [6.45, 7) is 13.2. The van der Waals surface area contributed by atoms with Gasteiger partial charge in [-0.1, -0.05) is 183 Å². The summed E-state index contributed by atoms with van der Waals surface area (Å²) in [7, 11) is 0. The van der Waals surface area contributed by atoms with Crippen molar-refractivity contribution in [3.8, 4) is 22.3 Å². The molecule has 254 valence electrons. The van der Waals surface area contributed by atoms with E-state index in [0.717, 1.165) is 24.3 Å². The van der Waals surface area contributed by atoms with E-state index in [4.69, 9.17) is 0 Å². The Hall–Kier alpha value is -5.92. The van der Waals surface area contributed by atoms with Crippen molar-refractivity contribution in [2.75, 3.05) is 11.4 Å². The third-order valence-corrected chi connectivity index (χ3v) is 8.93. The van der Waals surface area contributed by atoms with Crippen molar-refractivity contribution in [1.82, 2.24) is 0 Å². The third kappa shape index (κ3) is 9.84. The quantitative estimate of drug-likeness (QED) is 0.107. The highest BCUT2D eigenvalue weighted by Gasteiger charge is 2.11. The Morgan fingerprint density at radius 3 is 1.98 bits per heavy atom. The van der Waals surface area contributed by atoms with Crippen molar-refractivity contribution in [3.63, 3.8) is 0 Å². The summed E-state index contributed by atoms with van der Waals surface area (Å²) in [6, 6.07) is 43.7. The Morgan fingerprint density at radius 2 is 1.29 bits per heavy atom. The standard InChI is InChI=1S/C50H49N/c1-6-9-18-38-51(46-34-30-42(31-35-46)41(8-3)20-10-7-2)47-36-32-45(33-37-47)50-25-17-16-23-48(50)40(5)19-12-11-13-21-43-22-14-15-24-49(43)44-28-26-39(4)27-29-44/h6,8-37H,1,7,38H2,2-5H3/b12-11-,18-9-,20-10-,21-13+,40-19+,41-8+. The molecule has 5 rings (SSSR count). The molecule has 0 saturated carbocycles. The van der Waals surface area contributed by atoms with E-state index in [1.165, 1.54) is 55.7 Å². The van der Waals surface area contributed by atoms with Gasteiger partial charge in [-0.25, -0.2) is 0 Å². The highest BCUT2D eigenvalue weighted by Crippen LogP contribution is 2.33. The molecule has 0 aliphatic heterocycles. The number of allylic oxidation sites excluding steroid dienone is 11. The van der Waals surface area contributed by atoms with E-state index in [1.807, 2.05) is 12.2 Å². The van der Waals surface area contributed by atoms with E-state index in [0.29, 0.717) is 0 Å². The second-order valence-corrected chi connectivity index (χ2v) is 12.5. The summed E-state index contributed by atoms with van der Waals surface area (Å²) in [5.41, 5.74) is 14.5. The highest BCUT2D eigenvalue weighted by molar-refractivity contribution is 5.82. The van der Waals surface area contributed by atoms with Crippen LogP contribution in [0, 0.1) is 6.92 Å². The summed E-state index contributed by atoms with van der Waals surface area (Å²) in [4.78, 5) is 2.33. The molecule has 0 radical (unpaired) electrons. The summed E-state index contributed by atoms with van der Waals surface area (Å²) >= 11 is 0. The van der Waals surface area contributed by atoms with Gasteiger partial charge in [0.2, 0.25) is 0 Å². The number of nitrogens with zero attached hydrogens (tertiary/aromatic N) is 1. The van der Waals surface area contributed by atoms with Crippen LogP contribution in [-0.2, 0) is 0 Å². The van der Waals surface area contributed by atoms with E-state index in [1.54, 1.807) is 0 Å². The van der Waals surface area contributed by atoms with Gasteiger partial charge in [0.15, 0.2) is 0 Å². The molecular weight excluding hydrogens is 615 g/mol. The molecule has 0 aliphatic carbocycles. The van der Waals surface area contributed by atoms with Gasteiger partial charge in [-0.3, -0.25) is 0 Å². The minimum Gasteiger partial charge on any atom is -0.338 e. The molecule has 0 fully saturated rings. The van der Waals surface area contributed by atoms with E-state index in [9.17, 15) is 0 Å². The van der Waals surface area contributed by atoms with Crippen LogP contribution in [0.1, 0.15) is 49.4 Å². The fraction of sp³-hybridized carbons (Fsp3) is 0.120. The third-order valence-electron chi connectivity index (χ3n) is 8.93. The Morgan fingerprint density at radius 1 is 0.667 bits per heavy atom. The summed E-state index contributed by atoms with van der Waals surface area (Å²) in [5, 5.41) is 0. The van der Waals surface area contributed by atoms with Crippen LogP contribution in [0.3, 0.4) is 0 Å². The number of anilines is 2. The van der Waals surface area contributed by atoms with Crippen LogP contribution < -0.4 is 4.90 Å². The summed E-state index contributed by atoms with van der Waals surface area (Å²) in [6.07, 6.45) is 24.3. The molecule has 1 heteroatoms. The fourth-order valence-corrected chi connectivity index (χ4v) is 6.11.